The van der Waals surface area contributed by atoms with Gasteiger partial charge in [-0.1, -0.05) is 66.7 Å². The van der Waals surface area contributed by atoms with Gasteiger partial charge in [0.15, 0.2) is 6.07 Å². The fourth-order valence-electron chi connectivity index (χ4n) is 2.43. The van der Waals surface area contributed by atoms with Crippen molar-refractivity contribution in [2.45, 2.75) is 6.54 Å². The van der Waals surface area contributed by atoms with Crippen LogP contribution in [0.5, 0.6) is 11.5 Å². The van der Waals surface area contributed by atoms with Crippen molar-refractivity contribution in [2.75, 3.05) is 0 Å². The summed E-state index contributed by atoms with van der Waals surface area (Å²) in [6.07, 6.45) is 0. The first kappa shape index (κ1) is 19.2. The Labute approximate surface area is 163 Å². The van der Waals surface area contributed by atoms with E-state index >= 15 is 0 Å². The van der Waals surface area contributed by atoms with Gasteiger partial charge in [-0.2, -0.15) is 5.26 Å². The largest absolute Gasteiger partial charge is 0.547 e. The minimum Gasteiger partial charge on any atom is -0.400 e. The molecule has 3 aromatic rings. The molecule has 0 saturated carbocycles. The maximum atomic E-state index is 13.8. The van der Waals surface area contributed by atoms with Crippen molar-refractivity contribution in [2.24, 2.45) is 0 Å². The van der Waals surface area contributed by atoms with Crippen molar-refractivity contribution in [1.82, 2.24) is 4.67 Å². The van der Waals surface area contributed by atoms with E-state index in [0.717, 1.165) is 4.67 Å². The minimum absolute atomic E-state index is 0.107. The van der Waals surface area contributed by atoms with Crippen LogP contribution in [0.25, 0.3) is 0 Å². The monoisotopic (exact) mass is 392 g/mol. The zero-order chi connectivity index (χ0) is 19.8. The number of carbonyl (C=O) groups excluding carboxylic acids is 1. The Hall–Kier alpha value is -3.55. The summed E-state index contributed by atoms with van der Waals surface area (Å²) in [7, 11) is -4.25. The molecule has 0 heterocycles. The van der Waals surface area contributed by atoms with Gasteiger partial charge in [-0.15, -0.1) is 0 Å². The second-order valence-electron chi connectivity index (χ2n) is 5.74. The molecule has 0 fully saturated rings. The van der Waals surface area contributed by atoms with E-state index in [1.165, 1.54) is 6.07 Å². The highest BCUT2D eigenvalue weighted by Crippen LogP contribution is 2.52. The molecule has 3 rings (SSSR count). The molecule has 6 nitrogen and oxygen atoms in total. The molecule has 0 bridgehead atoms. The van der Waals surface area contributed by atoms with E-state index in [-0.39, 0.29) is 18.0 Å². The molecule has 1 amide bonds. The first-order valence-corrected chi connectivity index (χ1v) is 9.95. The quantitative estimate of drug-likeness (QED) is 0.426. The van der Waals surface area contributed by atoms with Gasteiger partial charge >= 0.3 is 13.7 Å². The van der Waals surface area contributed by atoms with Crippen LogP contribution in [0.3, 0.4) is 0 Å². The predicted molar refractivity (Wildman–Crippen MR) is 104 cm³/mol. The van der Waals surface area contributed by atoms with E-state index in [1.54, 1.807) is 84.9 Å². The number of carbonyl (C=O) groups is 1. The molecule has 0 spiro atoms. The number of para-hydroxylation sites is 2. The van der Waals surface area contributed by atoms with E-state index in [2.05, 4.69) is 0 Å². The van der Waals surface area contributed by atoms with Gasteiger partial charge in [-0.25, -0.2) is 9.24 Å². The molecule has 0 atom stereocenters. The van der Waals surface area contributed by atoms with Gasteiger partial charge < -0.3 is 9.05 Å². The third-order valence-corrected chi connectivity index (χ3v) is 5.53. The Balaban J connectivity index is 2.01. The summed E-state index contributed by atoms with van der Waals surface area (Å²) in [6, 6.07) is 27.2. The van der Waals surface area contributed by atoms with Crippen LogP contribution in [0.1, 0.15) is 5.56 Å². The first-order valence-electron chi connectivity index (χ1n) is 8.46. The summed E-state index contributed by atoms with van der Waals surface area (Å²) in [6.45, 7) is -0.107. The van der Waals surface area contributed by atoms with E-state index in [9.17, 15) is 14.6 Å². The van der Waals surface area contributed by atoms with Gasteiger partial charge in [-0.3, -0.25) is 4.79 Å². The number of hydrogen-bond acceptors (Lipinski definition) is 5. The average molecular weight is 392 g/mol. The van der Waals surface area contributed by atoms with Crippen LogP contribution in [-0.2, 0) is 15.9 Å². The summed E-state index contributed by atoms with van der Waals surface area (Å²) in [5, 5.41) is 9.21. The molecule has 0 saturated heterocycles. The predicted octanol–water partition coefficient (Wildman–Crippen LogP) is 4.80. The highest BCUT2D eigenvalue weighted by Gasteiger charge is 2.41. The lowest BCUT2D eigenvalue weighted by atomic mass is 10.2. The smallest absolute Gasteiger partial charge is 0.400 e. The second-order valence-corrected chi connectivity index (χ2v) is 7.52. The van der Waals surface area contributed by atoms with Crippen molar-refractivity contribution < 1.29 is 18.4 Å². The maximum Gasteiger partial charge on any atom is 0.547 e. The van der Waals surface area contributed by atoms with Crippen molar-refractivity contribution in [3.63, 3.8) is 0 Å². The Morgan fingerprint density at radius 3 is 1.68 bits per heavy atom. The fraction of sp³-hybridized carbons (Fsp3) is 0.0476. The average Bonchev–Trinajstić information content (AvgIpc) is 2.73. The molecule has 0 aliphatic heterocycles. The van der Waals surface area contributed by atoms with Crippen molar-refractivity contribution >= 4 is 13.7 Å². The van der Waals surface area contributed by atoms with Crippen LogP contribution in [0, 0.1) is 11.3 Å². The van der Waals surface area contributed by atoms with Crippen molar-refractivity contribution in [3.05, 3.63) is 96.6 Å². The standard InChI is InChI=1S/C21H17N2O4P/c22-16-21(24)23(17-18-10-4-1-5-11-18)28(25,26-19-12-6-2-7-13-19)27-20-14-8-3-9-15-20/h1-15H,17H2. The minimum atomic E-state index is -4.25. The van der Waals surface area contributed by atoms with Gasteiger partial charge in [0, 0.05) is 0 Å². The maximum absolute atomic E-state index is 13.8. The SMILES string of the molecule is N#CC(=O)N(Cc1ccccc1)P(=O)(Oc1ccccc1)Oc1ccccc1. The molecular weight excluding hydrogens is 375 g/mol. The summed E-state index contributed by atoms with van der Waals surface area (Å²) >= 11 is 0. The number of nitrogens with zero attached hydrogens (tertiary/aromatic N) is 2. The molecule has 0 unspecified atom stereocenters. The first-order chi connectivity index (χ1) is 13.6. The Morgan fingerprint density at radius 2 is 1.25 bits per heavy atom. The zero-order valence-corrected chi connectivity index (χ0v) is 15.7. The highest BCUT2D eigenvalue weighted by atomic mass is 31.2. The van der Waals surface area contributed by atoms with Crippen LogP contribution in [-0.4, -0.2) is 10.6 Å². The topological polar surface area (TPSA) is 79.6 Å². The Morgan fingerprint density at radius 1 is 0.821 bits per heavy atom. The molecule has 140 valence electrons. The summed E-state index contributed by atoms with van der Waals surface area (Å²) in [5.74, 6) is -0.504. The summed E-state index contributed by atoms with van der Waals surface area (Å²) in [4.78, 5) is 12.4. The van der Waals surface area contributed by atoms with Gasteiger partial charge in [0.25, 0.3) is 0 Å². The summed E-state index contributed by atoms with van der Waals surface area (Å²) < 4.78 is 25.9. The molecular formula is C21H17N2O4P. The summed E-state index contributed by atoms with van der Waals surface area (Å²) in [5.41, 5.74) is 0.680. The van der Waals surface area contributed by atoms with Gasteiger partial charge in [0.1, 0.15) is 11.5 Å². The van der Waals surface area contributed by atoms with Gasteiger partial charge in [0.05, 0.1) is 6.54 Å². The third-order valence-electron chi connectivity index (χ3n) is 3.73. The third kappa shape index (κ3) is 4.79. The van der Waals surface area contributed by atoms with Crippen LogP contribution < -0.4 is 9.05 Å². The Kier molecular flexibility index (Phi) is 6.11. The molecule has 0 aromatic heterocycles. The van der Waals surface area contributed by atoms with E-state index in [1.807, 2.05) is 6.07 Å². The lowest BCUT2D eigenvalue weighted by Crippen LogP contribution is -2.30. The van der Waals surface area contributed by atoms with Crippen molar-refractivity contribution in [3.8, 4) is 17.6 Å². The molecule has 3 aromatic carbocycles. The van der Waals surface area contributed by atoms with E-state index < -0.39 is 13.7 Å². The number of rotatable bonds is 7. The molecule has 28 heavy (non-hydrogen) atoms. The number of amides is 1. The highest BCUT2D eigenvalue weighted by molar-refractivity contribution is 7.52. The molecule has 7 heteroatoms. The van der Waals surface area contributed by atoms with Gasteiger partial charge in [-0.05, 0) is 29.8 Å². The molecule has 0 aliphatic rings. The van der Waals surface area contributed by atoms with Crippen LogP contribution >= 0.6 is 7.75 Å². The molecule has 0 N–H and O–H groups in total. The van der Waals surface area contributed by atoms with Crippen molar-refractivity contribution in [1.29, 1.82) is 5.26 Å². The Bertz CT molecular complexity index is 959. The van der Waals surface area contributed by atoms with Crippen LogP contribution in [0.4, 0.5) is 0 Å². The normalized spacial score (nSPS) is 10.5. The van der Waals surface area contributed by atoms with Crippen LogP contribution in [0.2, 0.25) is 0 Å². The number of benzene rings is 3. The van der Waals surface area contributed by atoms with Gasteiger partial charge in [0.2, 0.25) is 0 Å². The second kappa shape index (κ2) is 8.90. The number of hydrogen-bond donors (Lipinski definition) is 0. The lowest BCUT2D eigenvalue weighted by molar-refractivity contribution is -0.122. The van der Waals surface area contributed by atoms with E-state index in [4.69, 9.17) is 9.05 Å². The lowest BCUT2D eigenvalue weighted by Gasteiger charge is -2.28. The number of nitriles is 1. The molecule has 0 aliphatic carbocycles. The van der Waals surface area contributed by atoms with Crippen LogP contribution in [0.15, 0.2) is 91.0 Å². The van der Waals surface area contributed by atoms with E-state index in [0.29, 0.717) is 5.56 Å². The molecule has 0 radical (unpaired) electrons. The fourth-order valence-corrected chi connectivity index (χ4v) is 4.04. The zero-order valence-electron chi connectivity index (χ0n) is 14.8.